The van der Waals surface area contributed by atoms with Crippen LogP contribution in [0.3, 0.4) is 0 Å². The maximum atomic E-state index is 5.98. The SMILES string of the molecule is COc1ccc(CC(C)(C)N)c(C)c1. The van der Waals surface area contributed by atoms with Crippen LogP contribution in [0.5, 0.6) is 5.75 Å². The molecule has 0 aliphatic heterocycles. The zero-order valence-electron chi connectivity index (χ0n) is 9.42. The normalized spacial score (nSPS) is 11.5. The number of rotatable bonds is 3. The van der Waals surface area contributed by atoms with E-state index in [1.54, 1.807) is 7.11 Å². The van der Waals surface area contributed by atoms with E-state index >= 15 is 0 Å². The summed E-state index contributed by atoms with van der Waals surface area (Å²) in [6.07, 6.45) is 0.892. The Hall–Kier alpha value is -1.02. The molecule has 0 spiro atoms. The van der Waals surface area contributed by atoms with Crippen molar-refractivity contribution in [2.24, 2.45) is 5.73 Å². The van der Waals surface area contributed by atoms with Crippen LogP contribution < -0.4 is 10.5 Å². The van der Waals surface area contributed by atoms with Crippen LogP contribution in [-0.4, -0.2) is 12.6 Å². The average molecular weight is 193 g/mol. The van der Waals surface area contributed by atoms with Gasteiger partial charge in [-0.05, 0) is 50.5 Å². The molecule has 0 saturated carbocycles. The number of benzene rings is 1. The van der Waals surface area contributed by atoms with Gasteiger partial charge in [-0.25, -0.2) is 0 Å². The molecule has 14 heavy (non-hydrogen) atoms. The van der Waals surface area contributed by atoms with Crippen LogP contribution in [0.25, 0.3) is 0 Å². The van der Waals surface area contributed by atoms with Crippen molar-refractivity contribution >= 4 is 0 Å². The molecule has 1 aromatic carbocycles. The van der Waals surface area contributed by atoms with Crippen LogP contribution >= 0.6 is 0 Å². The minimum absolute atomic E-state index is 0.153. The molecule has 0 bridgehead atoms. The van der Waals surface area contributed by atoms with Gasteiger partial charge in [0, 0.05) is 5.54 Å². The lowest BCUT2D eigenvalue weighted by Gasteiger charge is -2.20. The molecule has 2 N–H and O–H groups in total. The Bertz CT molecular complexity index is 313. The molecule has 0 radical (unpaired) electrons. The molecular formula is C12H19NO. The van der Waals surface area contributed by atoms with Crippen molar-refractivity contribution in [1.82, 2.24) is 0 Å². The highest BCUT2D eigenvalue weighted by molar-refractivity contribution is 5.35. The average Bonchev–Trinajstić information content (AvgIpc) is 2.06. The molecule has 0 aliphatic rings. The van der Waals surface area contributed by atoms with Crippen molar-refractivity contribution in [2.45, 2.75) is 32.7 Å². The molecule has 78 valence electrons. The predicted octanol–water partition coefficient (Wildman–Crippen LogP) is 2.28. The molecule has 0 aliphatic carbocycles. The molecule has 0 amide bonds. The lowest BCUT2D eigenvalue weighted by molar-refractivity contribution is 0.414. The number of methoxy groups -OCH3 is 1. The summed E-state index contributed by atoms with van der Waals surface area (Å²) in [7, 11) is 1.68. The number of ether oxygens (including phenoxy) is 1. The first-order valence-electron chi connectivity index (χ1n) is 4.85. The monoisotopic (exact) mass is 193 g/mol. The zero-order chi connectivity index (χ0) is 10.8. The van der Waals surface area contributed by atoms with Gasteiger partial charge in [0.1, 0.15) is 5.75 Å². The molecule has 2 nitrogen and oxygen atoms in total. The summed E-state index contributed by atoms with van der Waals surface area (Å²) in [6, 6.07) is 6.11. The Morgan fingerprint density at radius 1 is 1.36 bits per heavy atom. The van der Waals surface area contributed by atoms with Crippen molar-refractivity contribution < 1.29 is 4.74 Å². The third kappa shape index (κ3) is 3.04. The molecule has 0 unspecified atom stereocenters. The van der Waals surface area contributed by atoms with Gasteiger partial charge in [-0.3, -0.25) is 0 Å². The van der Waals surface area contributed by atoms with E-state index in [4.69, 9.17) is 10.5 Å². The van der Waals surface area contributed by atoms with Gasteiger partial charge in [-0.1, -0.05) is 6.07 Å². The van der Waals surface area contributed by atoms with E-state index in [0.29, 0.717) is 0 Å². The van der Waals surface area contributed by atoms with Crippen molar-refractivity contribution in [2.75, 3.05) is 7.11 Å². The summed E-state index contributed by atoms with van der Waals surface area (Å²) in [4.78, 5) is 0. The van der Waals surface area contributed by atoms with Gasteiger partial charge < -0.3 is 10.5 Å². The molecule has 2 heteroatoms. The Morgan fingerprint density at radius 2 is 2.00 bits per heavy atom. The smallest absolute Gasteiger partial charge is 0.119 e. The summed E-state index contributed by atoms with van der Waals surface area (Å²) in [5.74, 6) is 0.904. The van der Waals surface area contributed by atoms with E-state index in [1.165, 1.54) is 11.1 Å². The molecule has 0 heterocycles. The number of hydrogen-bond donors (Lipinski definition) is 1. The molecule has 1 aromatic rings. The number of hydrogen-bond acceptors (Lipinski definition) is 2. The summed E-state index contributed by atoms with van der Waals surface area (Å²) < 4.78 is 5.15. The second-order valence-electron chi connectivity index (χ2n) is 4.46. The first-order valence-corrected chi connectivity index (χ1v) is 4.85. The fraction of sp³-hybridized carbons (Fsp3) is 0.500. The lowest BCUT2D eigenvalue weighted by atomic mass is 9.93. The first-order chi connectivity index (χ1) is 6.42. The predicted molar refractivity (Wildman–Crippen MR) is 59.7 cm³/mol. The van der Waals surface area contributed by atoms with Crippen molar-refractivity contribution in [1.29, 1.82) is 0 Å². The third-order valence-corrected chi connectivity index (χ3v) is 2.20. The van der Waals surface area contributed by atoms with Gasteiger partial charge in [-0.15, -0.1) is 0 Å². The number of aryl methyl sites for hydroxylation is 1. The van der Waals surface area contributed by atoms with Gasteiger partial charge in [0.15, 0.2) is 0 Å². The Kier molecular flexibility index (Phi) is 3.17. The summed E-state index contributed by atoms with van der Waals surface area (Å²) >= 11 is 0. The highest BCUT2D eigenvalue weighted by Crippen LogP contribution is 2.19. The molecule has 0 saturated heterocycles. The maximum Gasteiger partial charge on any atom is 0.119 e. The Labute approximate surface area is 86.1 Å². The van der Waals surface area contributed by atoms with Crippen LogP contribution in [0.2, 0.25) is 0 Å². The van der Waals surface area contributed by atoms with Crippen molar-refractivity contribution in [3.8, 4) is 5.75 Å². The van der Waals surface area contributed by atoms with Gasteiger partial charge in [-0.2, -0.15) is 0 Å². The molecule has 0 fully saturated rings. The second-order valence-corrected chi connectivity index (χ2v) is 4.46. The first kappa shape index (κ1) is 11.1. The third-order valence-electron chi connectivity index (χ3n) is 2.20. The summed E-state index contributed by atoms with van der Waals surface area (Å²) in [6.45, 7) is 6.16. The Balaban J connectivity index is 2.89. The van der Waals surface area contributed by atoms with E-state index in [2.05, 4.69) is 13.0 Å². The fourth-order valence-corrected chi connectivity index (χ4v) is 1.48. The molecule has 0 atom stereocenters. The molecular weight excluding hydrogens is 174 g/mol. The largest absolute Gasteiger partial charge is 0.497 e. The maximum absolute atomic E-state index is 5.98. The van der Waals surface area contributed by atoms with E-state index in [0.717, 1.165) is 12.2 Å². The quantitative estimate of drug-likeness (QED) is 0.799. The van der Waals surface area contributed by atoms with E-state index in [1.807, 2.05) is 26.0 Å². The van der Waals surface area contributed by atoms with E-state index in [-0.39, 0.29) is 5.54 Å². The van der Waals surface area contributed by atoms with Crippen LogP contribution in [-0.2, 0) is 6.42 Å². The highest BCUT2D eigenvalue weighted by atomic mass is 16.5. The van der Waals surface area contributed by atoms with Crippen molar-refractivity contribution in [3.05, 3.63) is 29.3 Å². The molecule has 0 aromatic heterocycles. The van der Waals surface area contributed by atoms with Crippen LogP contribution in [0.1, 0.15) is 25.0 Å². The number of nitrogens with two attached hydrogens (primary N) is 1. The Morgan fingerprint density at radius 3 is 2.43 bits per heavy atom. The van der Waals surface area contributed by atoms with Gasteiger partial charge in [0.2, 0.25) is 0 Å². The van der Waals surface area contributed by atoms with E-state index < -0.39 is 0 Å². The summed E-state index contributed by atoms with van der Waals surface area (Å²) in [5, 5.41) is 0. The minimum Gasteiger partial charge on any atom is -0.497 e. The van der Waals surface area contributed by atoms with E-state index in [9.17, 15) is 0 Å². The van der Waals surface area contributed by atoms with Crippen LogP contribution in [0, 0.1) is 6.92 Å². The van der Waals surface area contributed by atoms with Gasteiger partial charge in [0.25, 0.3) is 0 Å². The van der Waals surface area contributed by atoms with Gasteiger partial charge >= 0.3 is 0 Å². The lowest BCUT2D eigenvalue weighted by Crippen LogP contribution is -2.34. The fourth-order valence-electron chi connectivity index (χ4n) is 1.48. The second kappa shape index (κ2) is 4.01. The van der Waals surface area contributed by atoms with Crippen molar-refractivity contribution in [3.63, 3.8) is 0 Å². The van der Waals surface area contributed by atoms with Gasteiger partial charge in [0.05, 0.1) is 7.11 Å². The topological polar surface area (TPSA) is 35.2 Å². The standard InChI is InChI=1S/C12H19NO/c1-9-7-11(14-4)6-5-10(9)8-12(2,3)13/h5-7H,8,13H2,1-4H3. The van der Waals surface area contributed by atoms with Crippen LogP contribution in [0.15, 0.2) is 18.2 Å². The molecule has 1 rings (SSSR count). The zero-order valence-corrected chi connectivity index (χ0v) is 9.42. The highest BCUT2D eigenvalue weighted by Gasteiger charge is 2.13. The summed E-state index contributed by atoms with van der Waals surface area (Å²) in [5.41, 5.74) is 8.35. The minimum atomic E-state index is -0.153. The van der Waals surface area contributed by atoms with Crippen LogP contribution in [0.4, 0.5) is 0 Å².